The zero-order valence-corrected chi connectivity index (χ0v) is 12.3. The van der Waals surface area contributed by atoms with Gasteiger partial charge in [0.1, 0.15) is 0 Å². The van der Waals surface area contributed by atoms with Crippen molar-refractivity contribution >= 4 is 27.5 Å². The lowest BCUT2D eigenvalue weighted by atomic mass is 9.87. The SMILES string of the molecule is Nc1cccc(C(=O)NCC2CCCC(O)C2)c1Br. The highest BCUT2D eigenvalue weighted by Crippen LogP contribution is 2.25. The van der Waals surface area contributed by atoms with E-state index in [2.05, 4.69) is 21.2 Å². The summed E-state index contributed by atoms with van der Waals surface area (Å²) in [6.45, 7) is 0.608. The maximum absolute atomic E-state index is 12.1. The molecule has 5 heteroatoms. The highest BCUT2D eigenvalue weighted by molar-refractivity contribution is 9.10. The quantitative estimate of drug-likeness (QED) is 0.746. The van der Waals surface area contributed by atoms with Crippen LogP contribution in [0.5, 0.6) is 0 Å². The summed E-state index contributed by atoms with van der Waals surface area (Å²) >= 11 is 3.33. The molecule has 0 bridgehead atoms. The topological polar surface area (TPSA) is 75.4 Å². The fraction of sp³-hybridized carbons (Fsp3) is 0.500. The summed E-state index contributed by atoms with van der Waals surface area (Å²) in [5.41, 5.74) is 6.86. The second-order valence-corrected chi connectivity index (χ2v) is 5.90. The van der Waals surface area contributed by atoms with Gasteiger partial charge in [0.2, 0.25) is 0 Å². The van der Waals surface area contributed by atoms with Crippen molar-refractivity contribution in [1.82, 2.24) is 5.32 Å². The molecule has 0 spiro atoms. The smallest absolute Gasteiger partial charge is 0.252 e. The number of carbonyl (C=O) groups excluding carboxylic acids is 1. The highest BCUT2D eigenvalue weighted by Gasteiger charge is 2.21. The minimum absolute atomic E-state index is 0.126. The van der Waals surface area contributed by atoms with Gasteiger partial charge in [-0.1, -0.05) is 12.5 Å². The normalized spacial score (nSPS) is 23.1. The summed E-state index contributed by atoms with van der Waals surface area (Å²) in [5, 5.41) is 12.5. The standard InChI is InChI=1S/C14H19BrN2O2/c15-13-11(5-2-6-12(13)16)14(19)17-8-9-3-1-4-10(18)7-9/h2,5-6,9-10,18H,1,3-4,7-8,16H2,(H,17,19). The Kier molecular flexibility index (Phi) is 4.82. The van der Waals surface area contributed by atoms with Crippen LogP contribution in [0.15, 0.2) is 22.7 Å². The molecule has 2 unspecified atom stereocenters. The Balaban J connectivity index is 1.92. The van der Waals surface area contributed by atoms with Gasteiger partial charge < -0.3 is 16.2 Å². The molecular weight excluding hydrogens is 308 g/mol. The Morgan fingerprint density at radius 2 is 2.26 bits per heavy atom. The molecule has 0 aliphatic heterocycles. The van der Waals surface area contributed by atoms with E-state index in [0.29, 0.717) is 28.2 Å². The predicted octanol–water partition coefficient (Wildman–Crippen LogP) is 2.31. The Labute approximate surface area is 121 Å². The molecular formula is C14H19BrN2O2. The fourth-order valence-corrected chi connectivity index (χ4v) is 2.95. The number of anilines is 1. The summed E-state index contributed by atoms with van der Waals surface area (Å²) < 4.78 is 0.635. The molecule has 1 aliphatic rings. The molecule has 104 valence electrons. The van der Waals surface area contributed by atoms with E-state index in [1.165, 1.54) is 0 Å². The second kappa shape index (κ2) is 6.39. The maximum atomic E-state index is 12.1. The minimum atomic E-state index is -0.213. The van der Waals surface area contributed by atoms with Gasteiger partial charge in [-0.2, -0.15) is 0 Å². The number of hydrogen-bond donors (Lipinski definition) is 3. The van der Waals surface area contributed by atoms with Crippen LogP contribution in [0.1, 0.15) is 36.0 Å². The van der Waals surface area contributed by atoms with E-state index in [1.807, 2.05) is 0 Å². The molecule has 1 aliphatic carbocycles. The molecule has 4 nitrogen and oxygen atoms in total. The third kappa shape index (κ3) is 3.70. The first-order valence-corrected chi connectivity index (χ1v) is 7.37. The first-order valence-electron chi connectivity index (χ1n) is 6.58. The molecule has 1 aromatic rings. The molecule has 1 fully saturated rings. The van der Waals surface area contributed by atoms with E-state index in [0.717, 1.165) is 25.7 Å². The summed E-state index contributed by atoms with van der Waals surface area (Å²) in [5.74, 6) is 0.242. The van der Waals surface area contributed by atoms with Gasteiger partial charge in [-0.25, -0.2) is 0 Å². The fourth-order valence-electron chi connectivity index (χ4n) is 2.51. The number of amides is 1. The van der Waals surface area contributed by atoms with Crippen LogP contribution < -0.4 is 11.1 Å². The number of aliphatic hydroxyl groups is 1. The molecule has 0 aromatic heterocycles. The van der Waals surface area contributed by atoms with Crippen LogP contribution in [-0.4, -0.2) is 23.7 Å². The average Bonchev–Trinajstić information content (AvgIpc) is 2.39. The van der Waals surface area contributed by atoms with Gasteiger partial charge in [-0.3, -0.25) is 4.79 Å². The Morgan fingerprint density at radius 1 is 1.47 bits per heavy atom. The molecule has 1 saturated carbocycles. The van der Waals surface area contributed by atoms with Gasteiger partial charge in [0.25, 0.3) is 5.91 Å². The van der Waals surface area contributed by atoms with Gasteiger partial charge >= 0.3 is 0 Å². The van der Waals surface area contributed by atoms with Crippen LogP contribution >= 0.6 is 15.9 Å². The summed E-state index contributed by atoms with van der Waals surface area (Å²) in [6, 6.07) is 5.25. The number of nitrogens with one attached hydrogen (secondary N) is 1. The van der Waals surface area contributed by atoms with Gasteiger partial charge in [-0.15, -0.1) is 0 Å². The lowest BCUT2D eigenvalue weighted by Gasteiger charge is -2.26. The molecule has 2 atom stereocenters. The van der Waals surface area contributed by atoms with E-state index < -0.39 is 0 Å². The van der Waals surface area contributed by atoms with Crippen molar-refractivity contribution < 1.29 is 9.90 Å². The summed E-state index contributed by atoms with van der Waals surface area (Å²) in [4.78, 5) is 12.1. The second-order valence-electron chi connectivity index (χ2n) is 5.11. The molecule has 0 radical (unpaired) electrons. The molecule has 4 N–H and O–H groups in total. The molecule has 2 rings (SSSR count). The first-order chi connectivity index (χ1) is 9.08. The number of hydrogen-bond acceptors (Lipinski definition) is 3. The van der Waals surface area contributed by atoms with Crippen LogP contribution in [0.25, 0.3) is 0 Å². The maximum Gasteiger partial charge on any atom is 0.252 e. The van der Waals surface area contributed by atoms with Crippen molar-refractivity contribution in [2.45, 2.75) is 31.8 Å². The van der Waals surface area contributed by atoms with E-state index in [1.54, 1.807) is 18.2 Å². The van der Waals surface area contributed by atoms with Crippen LogP contribution in [0.4, 0.5) is 5.69 Å². The summed E-state index contributed by atoms with van der Waals surface area (Å²) in [7, 11) is 0. The van der Waals surface area contributed by atoms with Crippen LogP contribution in [0.2, 0.25) is 0 Å². The number of benzene rings is 1. The Morgan fingerprint density at radius 3 is 3.00 bits per heavy atom. The number of nitrogens with two attached hydrogens (primary N) is 1. The van der Waals surface area contributed by atoms with E-state index in [-0.39, 0.29) is 12.0 Å². The number of rotatable bonds is 3. The molecule has 1 aromatic carbocycles. The van der Waals surface area contributed by atoms with E-state index in [4.69, 9.17) is 5.73 Å². The molecule has 0 saturated heterocycles. The number of nitrogen functional groups attached to an aromatic ring is 1. The number of aliphatic hydroxyl groups excluding tert-OH is 1. The van der Waals surface area contributed by atoms with Crippen molar-refractivity contribution in [2.75, 3.05) is 12.3 Å². The largest absolute Gasteiger partial charge is 0.398 e. The predicted molar refractivity (Wildman–Crippen MR) is 78.9 cm³/mol. The van der Waals surface area contributed by atoms with Crippen LogP contribution in [0.3, 0.4) is 0 Å². The van der Waals surface area contributed by atoms with Crippen molar-refractivity contribution in [3.63, 3.8) is 0 Å². The van der Waals surface area contributed by atoms with Crippen LogP contribution in [-0.2, 0) is 0 Å². The Bertz CT molecular complexity index is 465. The average molecular weight is 327 g/mol. The lowest BCUT2D eigenvalue weighted by molar-refractivity contribution is 0.0873. The van der Waals surface area contributed by atoms with Crippen molar-refractivity contribution in [1.29, 1.82) is 0 Å². The van der Waals surface area contributed by atoms with Gasteiger partial charge in [-0.05, 0) is 53.2 Å². The molecule has 0 heterocycles. The van der Waals surface area contributed by atoms with E-state index in [9.17, 15) is 9.90 Å². The zero-order chi connectivity index (χ0) is 13.8. The Hall–Kier alpha value is -1.07. The van der Waals surface area contributed by atoms with Crippen molar-refractivity contribution in [3.8, 4) is 0 Å². The number of carbonyl (C=O) groups is 1. The van der Waals surface area contributed by atoms with Gasteiger partial charge in [0, 0.05) is 12.2 Å². The zero-order valence-electron chi connectivity index (χ0n) is 10.7. The monoisotopic (exact) mass is 326 g/mol. The third-order valence-electron chi connectivity index (χ3n) is 3.58. The van der Waals surface area contributed by atoms with Crippen molar-refractivity contribution in [2.24, 2.45) is 5.92 Å². The summed E-state index contributed by atoms with van der Waals surface area (Å²) in [6.07, 6.45) is 3.54. The molecule has 19 heavy (non-hydrogen) atoms. The van der Waals surface area contributed by atoms with Crippen molar-refractivity contribution in [3.05, 3.63) is 28.2 Å². The third-order valence-corrected chi connectivity index (χ3v) is 4.46. The van der Waals surface area contributed by atoms with Gasteiger partial charge in [0.15, 0.2) is 0 Å². The highest BCUT2D eigenvalue weighted by atomic mass is 79.9. The minimum Gasteiger partial charge on any atom is -0.398 e. The number of halogens is 1. The first kappa shape index (κ1) is 14.3. The van der Waals surface area contributed by atoms with Crippen LogP contribution in [0, 0.1) is 5.92 Å². The molecule has 1 amide bonds. The van der Waals surface area contributed by atoms with E-state index >= 15 is 0 Å². The van der Waals surface area contributed by atoms with Gasteiger partial charge in [0.05, 0.1) is 16.1 Å². The lowest BCUT2D eigenvalue weighted by Crippen LogP contribution is -2.33.